The Hall–Kier alpha value is -1.84. The summed E-state index contributed by atoms with van der Waals surface area (Å²) in [5.41, 5.74) is 2.01. The van der Waals surface area contributed by atoms with E-state index in [0.29, 0.717) is 5.82 Å². The van der Waals surface area contributed by atoms with Crippen LogP contribution in [-0.4, -0.2) is 17.3 Å². The minimum atomic E-state index is 0.558. The molecule has 4 heteroatoms. The Balaban J connectivity index is 2.56. The van der Waals surface area contributed by atoms with Gasteiger partial charge < -0.3 is 9.26 Å². The molecule has 2 aromatic rings. The molecule has 15 heavy (non-hydrogen) atoms. The molecule has 0 fully saturated rings. The van der Waals surface area contributed by atoms with Crippen molar-refractivity contribution in [1.82, 2.24) is 10.1 Å². The van der Waals surface area contributed by atoms with Gasteiger partial charge in [-0.1, -0.05) is 24.2 Å². The fourth-order valence-electron chi connectivity index (χ4n) is 1.57. The number of nitrogens with zero attached hydrogens (tertiary/aromatic N) is 2. The summed E-state index contributed by atoms with van der Waals surface area (Å²) < 4.78 is 10.1. The quantitative estimate of drug-likeness (QED) is 0.769. The third kappa shape index (κ3) is 1.70. The Morgan fingerprint density at radius 2 is 2.27 bits per heavy atom. The minimum Gasteiger partial charge on any atom is -0.496 e. The maximum atomic E-state index is 5.37. The summed E-state index contributed by atoms with van der Waals surface area (Å²) in [4.78, 5) is 4.01. The zero-order valence-electron chi connectivity index (χ0n) is 8.73. The SMILES string of the molecule is CCc1cccc(-c2ncon2)c1OC. The lowest BCUT2D eigenvalue weighted by Gasteiger charge is -2.09. The number of para-hydroxylation sites is 1. The summed E-state index contributed by atoms with van der Waals surface area (Å²) in [5, 5.41) is 3.80. The largest absolute Gasteiger partial charge is 0.496 e. The molecular formula is C11H12N2O2. The highest BCUT2D eigenvalue weighted by Gasteiger charge is 2.12. The third-order valence-electron chi connectivity index (χ3n) is 2.28. The second-order valence-corrected chi connectivity index (χ2v) is 3.11. The molecule has 1 aromatic heterocycles. The standard InChI is InChI=1S/C11H12N2O2/c1-3-8-5-4-6-9(10(8)14-2)11-12-7-15-13-11/h4-7H,3H2,1-2H3. The van der Waals surface area contributed by atoms with Crippen LogP contribution in [0.2, 0.25) is 0 Å². The molecule has 0 saturated carbocycles. The Morgan fingerprint density at radius 3 is 2.87 bits per heavy atom. The molecule has 0 amide bonds. The van der Waals surface area contributed by atoms with E-state index in [-0.39, 0.29) is 0 Å². The van der Waals surface area contributed by atoms with Gasteiger partial charge in [-0.05, 0) is 18.1 Å². The lowest BCUT2D eigenvalue weighted by Crippen LogP contribution is -1.94. The van der Waals surface area contributed by atoms with Crippen LogP contribution in [-0.2, 0) is 6.42 Å². The summed E-state index contributed by atoms with van der Waals surface area (Å²) >= 11 is 0. The van der Waals surface area contributed by atoms with Crippen LogP contribution in [0, 0.1) is 0 Å². The molecular weight excluding hydrogens is 192 g/mol. The van der Waals surface area contributed by atoms with Crippen molar-refractivity contribution >= 4 is 0 Å². The smallest absolute Gasteiger partial charge is 0.214 e. The minimum absolute atomic E-state index is 0.558. The van der Waals surface area contributed by atoms with Gasteiger partial charge in [0.15, 0.2) is 0 Å². The van der Waals surface area contributed by atoms with Crippen molar-refractivity contribution in [3.63, 3.8) is 0 Å². The van der Waals surface area contributed by atoms with Crippen LogP contribution in [0.4, 0.5) is 0 Å². The molecule has 2 rings (SSSR count). The maximum absolute atomic E-state index is 5.37. The number of aromatic nitrogens is 2. The molecule has 0 saturated heterocycles. The first kappa shape index (κ1) is 9.71. The van der Waals surface area contributed by atoms with Crippen LogP contribution >= 0.6 is 0 Å². The Morgan fingerprint density at radius 1 is 1.40 bits per heavy atom. The van der Waals surface area contributed by atoms with Crippen molar-refractivity contribution in [3.05, 3.63) is 30.2 Å². The predicted molar refractivity (Wildman–Crippen MR) is 55.7 cm³/mol. The molecule has 0 radical (unpaired) electrons. The van der Waals surface area contributed by atoms with Gasteiger partial charge in [-0.25, -0.2) is 0 Å². The second kappa shape index (κ2) is 4.13. The van der Waals surface area contributed by atoms with E-state index in [1.165, 1.54) is 6.39 Å². The van der Waals surface area contributed by atoms with Crippen molar-refractivity contribution in [2.24, 2.45) is 0 Å². The highest BCUT2D eigenvalue weighted by Crippen LogP contribution is 2.30. The second-order valence-electron chi connectivity index (χ2n) is 3.11. The molecule has 1 aromatic carbocycles. The number of hydrogen-bond donors (Lipinski definition) is 0. The van der Waals surface area contributed by atoms with Gasteiger partial charge >= 0.3 is 0 Å². The first-order valence-electron chi connectivity index (χ1n) is 4.79. The van der Waals surface area contributed by atoms with Crippen molar-refractivity contribution in [3.8, 4) is 17.1 Å². The summed E-state index contributed by atoms with van der Waals surface area (Å²) in [6.45, 7) is 2.08. The zero-order chi connectivity index (χ0) is 10.7. The lowest BCUT2D eigenvalue weighted by atomic mass is 10.1. The van der Waals surface area contributed by atoms with E-state index in [2.05, 4.69) is 17.1 Å². The summed E-state index contributed by atoms with van der Waals surface area (Å²) in [6, 6.07) is 5.91. The van der Waals surface area contributed by atoms with Crippen LogP contribution in [0.5, 0.6) is 5.75 Å². The Kier molecular flexibility index (Phi) is 2.67. The number of aryl methyl sites for hydroxylation is 1. The highest BCUT2D eigenvalue weighted by atomic mass is 16.5. The number of benzene rings is 1. The van der Waals surface area contributed by atoms with Crippen molar-refractivity contribution in [2.75, 3.05) is 7.11 Å². The molecule has 0 bridgehead atoms. The number of ether oxygens (including phenoxy) is 1. The van der Waals surface area contributed by atoms with Crippen molar-refractivity contribution in [2.45, 2.75) is 13.3 Å². The van der Waals surface area contributed by atoms with Gasteiger partial charge in [0.1, 0.15) is 5.75 Å². The monoisotopic (exact) mass is 204 g/mol. The van der Waals surface area contributed by atoms with Crippen molar-refractivity contribution in [1.29, 1.82) is 0 Å². The average molecular weight is 204 g/mol. The molecule has 0 aliphatic carbocycles. The maximum Gasteiger partial charge on any atom is 0.214 e. The van der Waals surface area contributed by atoms with Crippen LogP contribution in [0.25, 0.3) is 11.4 Å². The van der Waals surface area contributed by atoms with E-state index >= 15 is 0 Å². The first-order chi connectivity index (χ1) is 7.36. The van der Waals surface area contributed by atoms with Gasteiger partial charge in [0, 0.05) is 0 Å². The summed E-state index contributed by atoms with van der Waals surface area (Å²) in [7, 11) is 1.65. The molecule has 0 N–H and O–H groups in total. The zero-order valence-corrected chi connectivity index (χ0v) is 8.73. The van der Waals surface area contributed by atoms with Crippen LogP contribution < -0.4 is 4.74 Å². The third-order valence-corrected chi connectivity index (χ3v) is 2.28. The Labute approximate surface area is 87.9 Å². The Bertz CT molecular complexity index is 438. The normalized spacial score (nSPS) is 10.3. The molecule has 0 spiro atoms. The van der Waals surface area contributed by atoms with Gasteiger partial charge in [0.2, 0.25) is 12.2 Å². The van der Waals surface area contributed by atoms with E-state index in [0.717, 1.165) is 23.3 Å². The van der Waals surface area contributed by atoms with Gasteiger partial charge in [-0.3, -0.25) is 0 Å². The van der Waals surface area contributed by atoms with Gasteiger partial charge in [0.25, 0.3) is 0 Å². The average Bonchev–Trinajstić information content (AvgIpc) is 2.81. The predicted octanol–water partition coefficient (Wildman–Crippen LogP) is 2.31. The molecule has 1 heterocycles. The lowest BCUT2D eigenvalue weighted by molar-refractivity contribution is 0.407. The molecule has 0 aliphatic rings. The van der Waals surface area contributed by atoms with E-state index in [1.54, 1.807) is 7.11 Å². The fraction of sp³-hybridized carbons (Fsp3) is 0.273. The molecule has 4 nitrogen and oxygen atoms in total. The van der Waals surface area contributed by atoms with Gasteiger partial charge in [-0.15, -0.1) is 0 Å². The molecule has 0 atom stereocenters. The highest BCUT2D eigenvalue weighted by molar-refractivity contribution is 5.66. The van der Waals surface area contributed by atoms with Crippen LogP contribution in [0.1, 0.15) is 12.5 Å². The van der Waals surface area contributed by atoms with Crippen LogP contribution in [0.15, 0.2) is 29.1 Å². The van der Waals surface area contributed by atoms with Gasteiger partial charge in [0.05, 0.1) is 12.7 Å². The molecule has 0 unspecified atom stereocenters. The fourth-order valence-corrected chi connectivity index (χ4v) is 1.57. The molecule has 0 aliphatic heterocycles. The van der Waals surface area contributed by atoms with E-state index in [1.807, 2.05) is 18.2 Å². The van der Waals surface area contributed by atoms with Crippen molar-refractivity contribution < 1.29 is 9.26 Å². The van der Waals surface area contributed by atoms with Crippen LogP contribution in [0.3, 0.4) is 0 Å². The molecule has 78 valence electrons. The first-order valence-corrected chi connectivity index (χ1v) is 4.79. The number of methoxy groups -OCH3 is 1. The topological polar surface area (TPSA) is 48.2 Å². The summed E-state index contributed by atoms with van der Waals surface area (Å²) in [6.07, 6.45) is 2.22. The number of rotatable bonds is 3. The van der Waals surface area contributed by atoms with Gasteiger partial charge in [-0.2, -0.15) is 4.98 Å². The summed E-state index contributed by atoms with van der Waals surface area (Å²) in [5.74, 6) is 1.38. The van der Waals surface area contributed by atoms with E-state index in [9.17, 15) is 0 Å². The van der Waals surface area contributed by atoms with E-state index < -0.39 is 0 Å². The van der Waals surface area contributed by atoms with E-state index in [4.69, 9.17) is 9.26 Å². The number of hydrogen-bond acceptors (Lipinski definition) is 4.